The molecule has 1 rings (SSSR count). The van der Waals surface area contributed by atoms with Crippen molar-refractivity contribution in [3.8, 4) is 0 Å². The van der Waals surface area contributed by atoms with Gasteiger partial charge in [0.2, 0.25) is 17.7 Å². The molecule has 1 aromatic carbocycles. The number of hydrogen-bond acceptors (Lipinski definition) is 6. The van der Waals surface area contributed by atoms with Crippen LogP contribution in [0.4, 0.5) is 0 Å². The molecule has 0 aromatic heterocycles. The highest BCUT2D eigenvalue weighted by Crippen LogP contribution is 2.11. The minimum absolute atomic E-state index is 0.0973. The van der Waals surface area contributed by atoms with E-state index < -0.39 is 47.9 Å². The van der Waals surface area contributed by atoms with Crippen LogP contribution in [-0.4, -0.2) is 65.5 Å². The largest absolute Gasteiger partial charge is 0.480 e. The number of hydrogen-bond donors (Lipinski definition) is 7. The van der Waals surface area contributed by atoms with Crippen molar-refractivity contribution in [2.75, 3.05) is 6.54 Å². The number of nitrogens with zero attached hydrogens (tertiary/aromatic N) is 1. The van der Waals surface area contributed by atoms with Gasteiger partial charge in [-0.2, -0.15) is 0 Å². The third kappa shape index (κ3) is 10.7. The van der Waals surface area contributed by atoms with Crippen molar-refractivity contribution < 1.29 is 24.3 Å². The van der Waals surface area contributed by atoms with Crippen molar-refractivity contribution in [1.29, 1.82) is 0 Å². The van der Waals surface area contributed by atoms with Gasteiger partial charge in [0.05, 0.1) is 6.04 Å². The standard InChI is InChI=1S/C24H39N7O5/c1-4-14(2)19(22(34)29-17(23(35)36)11-8-12-28-24(26)27)31-21(33)18(30-20(32)15(3)25)13-16-9-6-5-7-10-16/h5-7,9-10,14-15,17-19H,4,8,11-13,25H2,1-3H3,(H,29,34)(H,30,32)(H,31,33)(H,35,36)(H4,26,27,28). The van der Waals surface area contributed by atoms with E-state index >= 15 is 0 Å². The lowest BCUT2D eigenvalue weighted by atomic mass is 9.96. The molecule has 12 nitrogen and oxygen atoms in total. The van der Waals surface area contributed by atoms with Crippen LogP contribution in [0.1, 0.15) is 45.6 Å². The number of carbonyl (C=O) groups excluding carboxylic acids is 3. The molecule has 0 heterocycles. The summed E-state index contributed by atoms with van der Waals surface area (Å²) in [5.74, 6) is -3.36. The van der Waals surface area contributed by atoms with E-state index in [1.807, 2.05) is 37.3 Å². The van der Waals surface area contributed by atoms with Crippen molar-refractivity contribution in [2.45, 2.75) is 70.6 Å². The number of carboxylic acid groups (broad SMARTS) is 1. The van der Waals surface area contributed by atoms with Gasteiger partial charge in [0.1, 0.15) is 18.1 Å². The average molecular weight is 506 g/mol. The third-order valence-electron chi connectivity index (χ3n) is 5.68. The van der Waals surface area contributed by atoms with Crippen LogP contribution >= 0.6 is 0 Å². The number of benzene rings is 1. The van der Waals surface area contributed by atoms with Gasteiger partial charge >= 0.3 is 5.97 Å². The van der Waals surface area contributed by atoms with Crippen molar-refractivity contribution in [3.63, 3.8) is 0 Å². The molecule has 36 heavy (non-hydrogen) atoms. The second kappa shape index (κ2) is 15.4. The van der Waals surface area contributed by atoms with Gasteiger partial charge in [0.15, 0.2) is 5.96 Å². The van der Waals surface area contributed by atoms with Crippen LogP contribution in [0, 0.1) is 5.92 Å². The normalized spacial score (nSPS) is 14.9. The molecule has 0 aliphatic rings. The minimum atomic E-state index is -1.21. The van der Waals surface area contributed by atoms with E-state index in [9.17, 15) is 24.3 Å². The topological polar surface area (TPSA) is 215 Å². The molecule has 3 amide bonds. The highest BCUT2D eigenvalue weighted by molar-refractivity contribution is 5.94. The van der Waals surface area contributed by atoms with Crippen LogP contribution in [0.25, 0.3) is 0 Å². The van der Waals surface area contributed by atoms with E-state index in [-0.39, 0.29) is 31.3 Å². The average Bonchev–Trinajstić information content (AvgIpc) is 2.83. The monoisotopic (exact) mass is 505 g/mol. The minimum Gasteiger partial charge on any atom is -0.480 e. The van der Waals surface area contributed by atoms with Crippen molar-refractivity contribution in [1.82, 2.24) is 16.0 Å². The fraction of sp³-hybridized carbons (Fsp3) is 0.542. The summed E-state index contributed by atoms with van der Waals surface area (Å²) in [7, 11) is 0. The number of rotatable bonds is 15. The molecule has 5 unspecified atom stereocenters. The quantitative estimate of drug-likeness (QED) is 0.0908. The van der Waals surface area contributed by atoms with E-state index in [1.54, 1.807) is 6.92 Å². The SMILES string of the molecule is CCC(C)C(NC(=O)C(Cc1ccccc1)NC(=O)C(C)N)C(=O)NC(CCCN=C(N)N)C(=O)O. The Kier molecular flexibility index (Phi) is 12.9. The summed E-state index contributed by atoms with van der Waals surface area (Å²) < 4.78 is 0. The van der Waals surface area contributed by atoms with Crippen LogP contribution < -0.4 is 33.2 Å². The summed E-state index contributed by atoms with van der Waals surface area (Å²) in [5, 5.41) is 17.4. The summed E-state index contributed by atoms with van der Waals surface area (Å²) in [6.07, 6.45) is 1.15. The molecule has 0 aliphatic heterocycles. The van der Waals surface area contributed by atoms with Crippen molar-refractivity contribution in [3.05, 3.63) is 35.9 Å². The Morgan fingerprint density at radius 2 is 1.56 bits per heavy atom. The Morgan fingerprint density at radius 1 is 0.944 bits per heavy atom. The van der Waals surface area contributed by atoms with Gasteiger partial charge in [-0.25, -0.2) is 4.79 Å². The third-order valence-corrected chi connectivity index (χ3v) is 5.68. The van der Waals surface area contributed by atoms with Gasteiger partial charge in [-0.3, -0.25) is 19.4 Å². The maximum atomic E-state index is 13.2. The number of carboxylic acids is 1. The fourth-order valence-corrected chi connectivity index (χ4v) is 3.34. The summed E-state index contributed by atoms with van der Waals surface area (Å²) >= 11 is 0. The first-order valence-corrected chi connectivity index (χ1v) is 11.9. The number of nitrogens with one attached hydrogen (secondary N) is 3. The van der Waals surface area contributed by atoms with Gasteiger partial charge in [-0.05, 0) is 31.2 Å². The van der Waals surface area contributed by atoms with E-state index in [0.29, 0.717) is 12.8 Å². The Morgan fingerprint density at radius 3 is 2.08 bits per heavy atom. The van der Waals surface area contributed by atoms with E-state index in [1.165, 1.54) is 6.92 Å². The molecular formula is C24H39N7O5. The zero-order valence-electron chi connectivity index (χ0n) is 21.1. The van der Waals surface area contributed by atoms with Crippen molar-refractivity contribution >= 4 is 29.7 Å². The summed E-state index contributed by atoms with van der Waals surface area (Å²) in [6, 6.07) is 5.06. The molecule has 0 radical (unpaired) electrons. The highest BCUT2D eigenvalue weighted by atomic mass is 16.4. The van der Waals surface area contributed by atoms with Crippen LogP contribution in [0.2, 0.25) is 0 Å². The molecule has 0 saturated carbocycles. The van der Waals surface area contributed by atoms with Crippen LogP contribution in [0.5, 0.6) is 0 Å². The zero-order chi connectivity index (χ0) is 27.3. The number of aliphatic imine (C=N–C) groups is 1. The zero-order valence-corrected chi connectivity index (χ0v) is 21.1. The Balaban J connectivity index is 3.02. The van der Waals surface area contributed by atoms with Gasteiger partial charge in [0, 0.05) is 13.0 Å². The van der Waals surface area contributed by atoms with Crippen LogP contribution in [0.15, 0.2) is 35.3 Å². The smallest absolute Gasteiger partial charge is 0.326 e. The molecule has 0 bridgehead atoms. The molecular weight excluding hydrogens is 466 g/mol. The first-order valence-electron chi connectivity index (χ1n) is 11.9. The van der Waals surface area contributed by atoms with E-state index in [4.69, 9.17) is 17.2 Å². The Hall–Kier alpha value is -3.67. The molecule has 0 aliphatic carbocycles. The molecule has 0 fully saturated rings. The maximum Gasteiger partial charge on any atom is 0.326 e. The van der Waals surface area contributed by atoms with E-state index in [0.717, 1.165) is 5.56 Å². The first-order chi connectivity index (χ1) is 17.0. The number of amides is 3. The number of guanidine groups is 1. The Bertz CT molecular complexity index is 903. The van der Waals surface area contributed by atoms with Gasteiger partial charge in [-0.1, -0.05) is 50.6 Å². The first kappa shape index (κ1) is 30.4. The van der Waals surface area contributed by atoms with Gasteiger partial charge in [0.25, 0.3) is 0 Å². The molecule has 12 heteroatoms. The molecule has 0 saturated heterocycles. The predicted molar refractivity (Wildman–Crippen MR) is 137 cm³/mol. The van der Waals surface area contributed by atoms with Crippen molar-refractivity contribution in [2.24, 2.45) is 28.1 Å². The maximum absolute atomic E-state index is 13.2. The molecule has 1 aromatic rings. The van der Waals surface area contributed by atoms with Crippen LogP contribution in [0.3, 0.4) is 0 Å². The highest BCUT2D eigenvalue weighted by Gasteiger charge is 2.32. The summed E-state index contributed by atoms with van der Waals surface area (Å²) in [5.41, 5.74) is 17.0. The molecule has 0 spiro atoms. The lowest BCUT2D eigenvalue weighted by Crippen LogP contribution is -2.59. The van der Waals surface area contributed by atoms with Gasteiger partial charge in [-0.15, -0.1) is 0 Å². The Labute approximate surface area is 211 Å². The second-order valence-electron chi connectivity index (χ2n) is 8.76. The number of nitrogens with two attached hydrogens (primary N) is 3. The van der Waals surface area contributed by atoms with Crippen LogP contribution in [-0.2, 0) is 25.6 Å². The summed E-state index contributed by atoms with van der Waals surface area (Å²) in [6.45, 7) is 5.33. The molecule has 200 valence electrons. The second-order valence-corrected chi connectivity index (χ2v) is 8.76. The van der Waals surface area contributed by atoms with E-state index in [2.05, 4.69) is 20.9 Å². The lowest BCUT2D eigenvalue weighted by molar-refractivity contribution is -0.142. The van der Waals surface area contributed by atoms with Gasteiger partial charge < -0.3 is 38.3 Å². The predicted octanol–water partition coefficient (Wildman–Crippen LogP) is -0.785. The number of aliphatic carboxylic acids is 1. The number of carbonyl (C=O) groups is 4. The summed E-state index contributed by atoms with van der Waals surface area (Å²) in [4.78, 5) is 54.1. The fourth-order valence-electron chi connectivity index (χ4n) is 3.34. The lowest BCUT2D eigenvalue weighted by Gasteiger charge is -2.28. The molecule has 10 N–H and O–H groups in total. The molecule has 5 atom stereocenters.